The minimum atomic E-state index is -0.880. The number of benzene rings is 1. The van der Waals surface area contributed by atoms with Crippen LogP contribution in [-0.2, 0) is 28.9 Å². The van der Waals surface area contributed by atoms with E-state index in [0.717, 1.165) is 23.0 Å². The molecule has 1 saturated heterocycles. The molecule has 7 nitrogen and oxygen atoms in total. The lowest BCUT2D eigenvalue weighted by molar-refractivity contribution is -0.136. The average molecular weight is 386 g/mol. The zero-order valence-electron chi connectivity index (χ0n) is 14.4. The Labute approximate surface area is 160 Å². The minimum absolute atomic E-state index is 0.0364. The first-order valence-electron chi connectivity index (χ1n) is 8.38. The zero-order chi connectivity index (χ0) is 19.2. The van der Waals surface area contributed by atoms with Crippen LogP contribution in [0.4, 0.5) is 4.79 Å². The highest BCUT2D eigenvalue weighted by Gasteiger charge is 2.31. The van der Waals surface area contributed by atoms with E-state index in [1.54, 1.807) is 18.3 Å². The Bertz CT molecular complexity index is 836. The highest BCUT2D eigenvalue weighted by atomic mass is 32.2. The molecule has 1 aliphatic rings. The van der Waals surface area contributed by atoms with Crippen molar-refractivity contribution in [3.05, 3.63) is 59.4 Å². The second-order valence-electron chi connectivity index (χ2n) is 6.06. The van der Waals surface area contributed by atoms with Gasteiger partial charge in [0.1, 0.15) is 5.75 Å². The fraction of sp³-hybridized carbons (Fsp3) is 0.263. The van der Waals surface area contributed by atoms with Crippen molar-refractivity contribution in [3.8, 4) is 5.75 Å². The SMILES string of the molecule is O=C(O)Cc1ccc(CCOc2ccc(C[C@@H]3SC(=O)NC3=O)cc2)nc1. The lowest BCUT2D eigenvalue weighted by Gasteiger charge is -2.09. The number of carboxylic acids is 1. The lowest BCUT2D eigenvalue weighted by Crippen LogP contribution is -2.25. The molecule has 0 radical (unpaired) electrons. The van der Waals surface area contributed by atoms with E-state index >= 15 is 0 Å². The predicted octanol–water partition coefficient (Wildman–Crippen LogP) is 2.22. The lowest BCUT2D eigenvalue weighted by atomic mass is 10.1. The van der Waals surface area contributed by atoms with E-state index in [2.05, 4.69) is 10.3 Å². The van der Waals surface area contributed by atoms with Crippen molar-refractivity contribution >= 4 is 28.9 Å². The third-order valence-electron chi connectivity index (χ3n) is 3.98. The number of aromatic nitrogens is 1. The quantitative estimate of drug-likeness (QED) is 0.716. The summed E-state index contributed by atoms with van der Waals surface area (Å²) in [7, 11) is 0. The van der Waals surface area contributed by atoms with Gasteiger partial charge in [-0.1, -0.05) is 30.0 Å². The maximum Gasteiger partial charge on any atom is 0.307 e. The maximum atomic E-state index is 11.6. The molecule has 3 rings (SSSR count). The van der Waals surface area contributed by atoms with Crippen molar-refractivity contribution in [1.29, 1.82) is 0 Å². The van der Waals surface area contributed by atoms with Crippen molar-refractivity contribution in [2.24, 2.45) is 0 Å². The van der Waals surface area contributed by atoms with Gasteiger partial charge in [0, 0.05) is 18.3 Å². The summed E-state index contributed by atoms with van der Waals surface area (Å²) in [6, 6.07) is 11.0. The Morgan fingerprint density at radius 1 is 1.15 bits per heavy atom. The van der Waals surface area contributed by atoms with Crippen LogP contribution in [0.15, 0.2) is 42.6 Å². The molecular weight excluding hydrogens is 368 g/mol. The Hall–Kier alpha value is -2.87. The number of nitrogens with zero attached hydrogens (tertiary/aromatic N) is 1. The third-order valence-corrected chi connectivity index (χ3v) is 4.96. The first kappa shape index (κ1) is 18.9. The maximum absolute atomic E-state index is 11.6. The molecule has 1 atom stereocenters. The van der Waals surface area contributed by atoms with E-state index in [0.29, 0.717) is 30.8 Å². The van der Waals surface area contributed by atoms with Gasteiger partial charge in [-0.3, -0.25) is 24.7 Å². The molecular formula is C19H18N2O5S. The van der Waals surface area contributed by atoms with E-state index in [1.807, 2.05) is 24.3 Å². The number of rotatable bonds is 8. The number of nitrogens with one attached hydrogen (secondary N) is 1. The second-order valence-corrected chi connectivity index (χ2v) is 7.23. The molecule has 140 valence electrons. The van der Waals surface area contributed by atoms with Gasteiger partial charge >= 0.3 is 5.97 Å². The van der Waals surface area contributed by atoms with Crippen LogP contribution in [0.1, 0.15) is 16.8 Å². The summed E-state index contributed by atoms with van der Waals surface area (Å²) in [5, 5.41) is 10.4. The van der Waals surface area contributed by atoms with Crippen LogP contribution in [0, 0.1) is 0 Å². The van der Waals surface area contributed by atoms with Gasteiger partial charge in [0.25, 0.3) is 5.24 Å². The fourth-order valence-electron chi connectivity index (χ4n) is 2.62. The number of aliphatic carboxylic acids is 1. The number of ether oxygens (including phenoxy) is 1. The van der Waals surface area contributed by atoms with E-state index in [-0.39, 0.29) is 22.8 Å². The van der Waals surface area contributed by atoms with Gasteiger partial charge in [-0.25, -0.2) is 0 Å². The summed E-state index contributed by atoms with van der Waals surface area (Å²) in [6.45, 7) is 0.444. The smallest absolute Gasteiger partial charge is 0.307 e. The zero-order valence-corrected chi connectivity index (χ0v) is 15.2. The molecule has 1 fully saturated rings. The number of imide groups is 1. The van der Waals surface area contributed by atoms with Gasteiger partial charge in [0.05, 0.1) is 18.3 Å². The number of hydrogen-bond donors (Lipinski definition) is 2. The van der Waals surface area contributed by atoms with E-state index in [4.69, 9.17) is 9.84 Å². The van der Waals surface area contributed by atoms with Gasteiger partial charge < -0.3 is 9.84 Å². The average Bonchev–Trinajstić information content (AvgIpc) is 2.94. The Morgan fingerprint density at radius 3 is 2.48 bits per heavy atom. The molecule has 0 unspecified atom stereocenters. The molecule has 0 spiro atoms. The summed E-state index contributed by atoms with van der Waals surface area (Å²) in [6.07, 6.45) is 2.64. The first-order chi connectivity index (χ1) is 13.0. The van der Waals surface area contributed by atoms with Crippen LogP contribution in [0.25, 0.3) is 0 Å². The predicted molar refractivity (Wildman–Crippen MR) is 99.8 cm³/mol. The van der Waals surface area contributed by atoms with Crippen molar-refractivity contribution in [1.82, 2.24) is 10.3 Å². The molecule has 2 aromatic rings. The largest absolute Gasteiger partial charge is 0.493 e. The van der Waals surface area contributed by atoms with Gasteiger partial charge in [-0.05, 0) is 35.7 Å². The van der Waals surface area contributed by atoms with E-state index < -0.39 is 5.97 Å². The summed E-state index contributed by atoms with van der Waals surface area (Å²) in [5.74, 6) is -0.414. The van der Waals surface area contributed by atoms with Crippen LogP contribution in [0.2, 0.25) is 0 Å². The standard InChI is InChI=1S/C19H18N2O5S/c22-17(23)10-13-1-4-14(20-11-13)7-8-26-15-5-2-12(3-6-15)9-16-18(24)21-19(25)27-16/h1-6,11,16H,7-10H2,(H,22,23)(H,21,24,25)/t16-/m0/s1. The van der Waals surface area contributed by atoms with Crippen LogP contribution >= 0.6 is 11.8 Å². The molecule has 2 N–H and O–H groups in total. The number of carbonyl (C=O) groups is 3. The second kappa shape index (κ2) is 8.68. The van der Waals surface area contributed by atoms with E-state index in [1.165, 1.54) is 0 Å². The van der Waals surface area contributed by atoms with Crippen LogP contribution in [-0.4, -0.2) is 39.1 Å². The molecule has 27 heavy (non-hydrogen) atoms. The van der Waals surface area contributed by atoms with Gasteiger partial charge in [-0.2, -0.15) is 0 Å². The minimum Gasteiger partial charge on any atom is -0.493 e. The molecule has 8 heteroatoms. The molecule has 2 heterocycles. The Morgan fingerprint density at radius 2 is 1.89 bits per heavy atom. The van der Waals surface area contributed by atoms with Crippen molar-refractivity contribution in [3.63, 3.8) is 0 Å². The van der Waals surface area contributed by atoms with Crippen molar-refractivity contribution in [2.75, 3.05) is 6.61 Å². The highest BCUT2D eigenvalue weighted by Crippen LogP contribution is 2.23. The third kappa shape index (κ3) is 5.55. The Balaban J connectivity index is 1.45. The number of amides is 2. The molecule has 0 saturated carbocycles. The topological polar surface area (TPSA) is 106 Å². The molecule has 1 aromatic heterocycles. The van der Waals surface area contributed by atoms with Crippen LogP contribution < -0.4 is 10.1 Å². The van der Waals surface area contributed by atoms with Crippen LogP contribution in [0.3, 0.4) is 0 Å². The Kier molecular flexibility index (Phi) is 6.08. The summed E-state index contributed by atoms with van der Waals surface area (Å²) in [4.78, 5) is 37.7. The normalized spacial score (nSPS) is 16.2. The molecule has 0 aliphatic carbocycles. The fourth-order valence-corrected chi connectivity index (χ4v) is 3.48. The molecule has 1 aromatic carbocycles. The molecule has 2 amide bonds. The van der Waals surface area contributed by atoms with Gasteiger partial charge in [0.15, 0.2) is 0 Å². The monoisotopic (exact) mass is 386 g/mol. The summed E-state index contributed by atoms with van der Waals surface area (Å²) in [5.41, 5.74) is 2.45. The van der Waals surface area contributed by atoms with Crippen LogP contribution in [0.5, 0.6) is 5.75 Å². The van der Waals surface area contributed by atoms with Crippen molar-refractivity contribution in [2.45, 2.75) is 24.5 Å². The first-order valence-corrected chi connectivity index (χ1v) is 9.26. The number of pyridine rings is 1. The van der Waals surface area contributed by atoms with E-state index in [9.17, 15) is 14.4 Å². The highest BCUT2D eigenvalue weighted by molar-refractivity contribution is 8.15. The number of carbonyl (C=O) groups excluding carboxylic acids is 2. The number of thioether (sulfide) groups is 1. The summed E-state index contributed by atoms with van der Waals surface area (Å²) < 4.78 is 5.70. The number of hydrogen-bond acceptors (Lipinski definition) is 6. The van der Waals surface area contributed by atoms with Gasteiger partial charge in [-0.15, -0.1) is 0 Å². The molecule has 0 bridgehead atoms. The van der Waals surface area contributed by atoms with Gasteiger partial charge in [0.2, 0.25) is 5.91 Å². The summed E-state index contributed by atoms with van der Waals surface area (Å²) >= 11 is 1.02. The number of carboxylic acid groups (broad SMARTS) is 1. The van der Waals surface area contributed by atoms with Crippen molar-refractivity contribution < 1.29 is 24.2 Å². The molecule has 1 aliphatic heterocycles.